The molecule has 7 N–H and O–H groups in total. The number of nitrogens with one attached hydrogen (secondary N) is 7. The molecule has 0 aromatic heterocycles. The second-order valence-corrected chi connectivity index (χ2v) is 29.2. The molecule has 43 nitrogen and oxygen atoms in total. The van der Waals surface area contributed by atoms with E-state index in [0.29, 0.717) is 12.8 Å². The number of methoxy groups -OCH3 is 1. The number of carbonyl (C=O) groups excluding carboxylic acids is 17. The van der Waals surface area contributed by atoms with Gasteiger partial charge in [0.25, 0.3) is 0 Å². The van der Waals surface area contributed by atoms with Crippen molar-refractivity contribution in [3.8, 4) is 0 Å². The van der Waals surface area contributed by atoms with Gasteiger partial charge in [0.15, 0.2) is 55.5 Å². The van der Waals surface area contributed by atoms with Gasteiger partial charge in [-0.15, -0.1) is 0 Å². The van der Waals surface area contributed by atoms with Crippen LogP contribution in [0.25, 0.3) is 0 Å². The summed E-state index contributed by atoms with van der Waals surface area (Å²) in [7, 11) is 1.36. The smallest absolute Gasteiger partial charge is 0.305 e. The average Bonchev–Trinajstić information content (AvgIpc) is 0.796. The highest BCUT2D eigenvalue weighted by molar-refractivity contribution is 5.79. The zero-order chi connectivity index (χ0) is 90.7. The fourth-order valence-corrected chi connectivity index (χ4v) is 13.4. The predicted molar refractivity (Wildman–Crippen MR) is 417 cm³/mol. The number of rotatable bonds is 59. The van der Waals surface area contributed by atoms with Gasteiger partial charge in [-0.3, -0.25) is 81.5 Å². The molecule has 3 aliphatic rings. The second kappa shape index (κ2) is 59.4. The molecule has 0 aromatic carbocycles. The Balaban J connectivity index is 1.86. The van der Waals surface area contributed by atoms with Gasteiger partial charge >= 0.3 is 59.7 Å². The van der Waals surface area contributed by atoms with Gasteiger partial charge in [0.2, 0.25) is 41.4 Å². The van der Waals surface area contributed by atoms with Gasteiger partial charge in [0.1, 0.15) is 56.3 Å². The van der Waals surface area contributed by atoms with E-state index in [2.05, 4.69) is 37.2 Å². The quantitative estimate of drug-likeness (QED) is 0.0245. The Bertz CT molecular complexity index is 3060. The lowest BCUT2D eigenvalue weighted by Crippen LogP contribution is -2.66. The summed E-state index contributed by atoms with van der Waals surface area (Å²) in [5.41, 5.74) is -1.12. The van der Waals surface area contributed by atoms with E-state index in [1.54, 1.807) is 0 Å². The largest absolute Gasteiger partial charge is 0.469 e. The minimum Gasteiger partial charge on any atom is -0.469 e. The molecule has 694 valence electrons. The van der Waals surface area contributed by atoms with Gasteiger partial charge in [-0.1, -0.05) is 44.9 Å². The first kappa shape index (κ1) is 107. The van der Waals surface area contributed by atoms with Gasteiger partial charge in [-0.2, -0.15) is 0 Å². The summed E-state index contributed by atoms with van der Waals surface area (Å²) >= 11 is 0. The molecule has 6 unspecified atom stereocenters. The fourth-order valence-electron chi connectivity index (χ4n) is 13.4. The van der Waals surface area contributed by atoms with Crippen molar-refractivity contribution in [2.45, 2.75) is 284 Å². The highest BCUT2D eigenvalue weighted by Crippen LogP contribution is 2.36. The molecule has 0 aromatic rings. The number of carbonyl (C=O) groups is 17. The number of hydrogen-bond acceptors (Lipinski definition) is 36. The van der Waals surface area contributed by atoms with Crippen molar-refractivity contribution in [2.75, 3.05) is 113 Å². The molecule has 3 heterocycles. The molecular formula is C79H127N7O36. The van der Waals surface area contributed by atoms with Crippen LogP contribution in [0.1, 0.15) is 192 Å². The summed E-state index contributed by atoms with van der Waals surface area (Å²) in [6, 6.07) is -3.73. The summed E-state index contributed by atoms with van der Waals surface area (Å²) < 4.78 is 107. The van der Waals surface area contributed by atoms with Crippen molar-refractivity contribution in [3.63, 3.8) is 0 Å². The molecular weight excluding hydrogens is 1620 g/mol. The van der Waals surface area contributed by atoms with Crippen LogP contribution in [-0.2, 0) is 172 Å². The topological polar surface area (TPSA) is 550 Å². The maximum Gasteiger partial charge on any atom is 0.305 e. The van der Waals surface area contributed by atoms with Gasteiger partial charge in [-0.25, -0.2) is 0 Å². The van der Waals surface area contributed by atoms with Crippen LogP contribution in [0.3, 0.4) is 0 Å². The Labute approximate surface area is 709 Å². The molecule has 0 aliphatic carbocycles. The van der Waals surface area contributed by atoms with Crippen molar-refractivity contribution in [1.29, 1.82) is 0 Å². The maximum atomic E-state index is 13.9. The molecule has 3 fully saturated rings. The number of ether oxygens (including phenoxy) is 19. The Morgan fingerprint density at radius 3 is 0.820 bits per heavy atom. The van der Waals surface area contributed by atoms with Crippen LogP contribution >= 0.6 is 0 Å². The van der Waals surface area contributed by atoms with Crippen molar-refractivity contribution >= 4 is 101 Å². The lowest BCUT2D eigenvalue weighted by Gasteiger charge is -2.44. The molecule has 3 rings (SSSR count). The summed E-state index contributed by atoms with van der Waals surface area (Å²) in [5, 5.41) is 19.3. The number of unbranched alkanes of at least 4 members (excludes halogenated alkanes) is 8. The van der Waals surface area contributed by atoms with E-state index in [-0.39, 0.29) is 142 Å². The van der Waals surface area contributed by atoms with Gasteiger partial charge < -0.3 is 127 Å². The monoisotopic (exact) mass is 1750 g/mol. The van der Waals surface area contributed by atoms with Crippen LogP contribution in [0.5, 0.6) is 0 Å². The SMILES string of the molecule is COC(=O)CCCCCCCCCCCC(=O)NCC(CCC(=O)NCCOCCO[C@@H]1OC(COC(C)=O)[C@H](OC(C)=O)[C@H](OC(C)=O)C1NC(C)=O)(CCC(=O)NCCOCCO[C@@H]1OC(COC(C)=O)[C@H](OC(C)=O)[C@H](OC(C)=O)C1NC(C)=O)CCC(=O)NCCOCCO[C@@H]1OC(COC(C)=O)[C@H](OC(C)=O)[C@H](OC(C)=O)C1NC(C)=O. The molecule has 0 spiro atoms. The molecule has 3 aliphatic heterocycles. The van der Waals surface area contributed by atoms with E-state index in [0.717, 1.165) is 114 Å². The third-order valence-electron chi connectivity index (χ3n) is 18.8. The first-order valence-electron chi connectivity index (χ1n) is 40.9. The van der Waals surface area contributed by atoms with Crippen molar-refractivity contribution in [1.82, 2.24) is 37.2 Å². The first-order chi connectivity index (χ1) is 57.9. The highest BCUT2D eigenvalue weighted by atomic mass is 16.7. The molecule has 7 amide bonds. The van der Waals surface area contributed by atoms with E-state index in [9.17, 15) is 81.5 Å². The van der Waals surface area contributed by atoms with Crippen LogP contribution in [0, 0.1) is 5.41 Å². The Morgan fingerprint density at radius 2 is 0.557 bits per heavy atom. The second-order valence-electron chi connectivity index (χ2n) is 29.2. The van der Waals surface area contributed by atoms with Crippen molar-refractivity contribution in [3.05, 3.63) is 0 Å². The fraction of sp³-hybridized carbons (Fsp3) is 0.785. The van der Waals surface area contributed by atoms with E-state index >= 15 is 0 Å². The molecule has 0 saturated carbocycles. The number of hydrogen-bond donors (Lipinski definition) is 7. The van der Waals surface area contributed by atoms with E-state index in [1.807, 2.05) is 0 Å². The molecule has 0 bridgehead atoms. The Morgan fingerprint density at radius 1 is 0.295 bits per heavy atom. The summed E-state index contributed by atoms with van der Waals surface area (Å²) in [5.74, 6) is -10.6. The average molecular weight is 1750 g/mol. The Hall–Kier alpha value is -9.37. The summed E-state index contributed by atoms with van der Waals surface area (Å²) in [6.45, 7) is 10.8. The zero-order valence-electron chi connectivity index (χ0n) is 72.2. The van der Waals surface area contributed by atoms with E-state index in [1.165, 1.54) is 27.9 Å². The minimum atomic E-state index is -1.37. The molecule has 122 heavy (non-hydrogen) atoms. The minimum absolute atomic E-state index is 0.0271. The third-order valence-corrected chi connectivity index (χ3v) is 18.8. The molecule has 3 saturated heterocycles. The summed E-state index contributed by atoms with van der Waals surface area (Å²) in [4.78, 5) is 214. The normalized spacial score (nSPS) is 22.7. The van der Waals surface area contributed by atoms with Gasteiger partial charge in [0, 0.05) is 141 Å². The maximum absolute atomic E-state index is 13.9. The van der Waals surface area contributed by atoms with Crippen LogP contribution in [-0.4, -0.2) is 306 Å². The molecule has 0 radical (unpaired) electrons. The number of amides is 7. The van der Waals surface area contributed by atoms with Gasteiger partial charge in [0.05, 0.1) is 66.6 Å². The highest BCUT2D eigenvalue weighted by Gasteiger charge is 2.54. The molecule has 43 heteroatoms. The zero-order valence-corrected chi connectivity index (χ0v) is 72.2. The predicted octanol–water partition coefficient (Wildman–Crippen LogP) is 0.310. The first-order valence-corrected chi connectivity index (χ1v) is 40.9. The van der Waals surface area contributed by atoms with Crippen LogP contribution in [0.15, 0.2) is 0 Å². The van der Waals surface area contributed by atoms with E-state index in [4.69, 9.17) is 90.0 Å². The van der Waals surface area contributed by atoms with Crippen molar-refractivity contribution in [2.24, 2.45) is 5.41 Å². The third kappa shape index (κ3) is 45.1. The lowest BCUT2D eigenvalue weighted by atomic mass is 9.74. The van der Waals surface area contributed by atoms with Crippen LogP contribution in [0.4, 0.5) is 0 Å². The number of esters is 10. The van der Waals surface area contributed by atoms with E-state index < -0.39 is 206 Å². The van der Waals surface area contributed by atoms with Crippen LogP contribution in [0.2, 0.25) is 0 Å². The Kier molecular flexibility index (Phi) is 52.0. The lowest BCUT2D eigenvalue weighted by molar-refractivity contribution is -0.279. The molecule has 15 atom stereocenters. The standard InChI is InChI=1S/C79H127N7O36/c1-47(87)84-67-73(117-56(10)96)70(114-53(7)93)59(43-111-50(4)90)120-76(67)108-40-37-105-34-31-80-63(100)25-28-79(46-83-62(99)23-21-19-17-15-14-16-18-20-22-24-66(103)104-13,29-26-64(101)81-32-35-106-38-41-109-77-68(85-48(2)88)74(118-57(11)97)71(115-54(8)94)60(121-77)44-112-51(5)91)30-27-65(102)82-33-36-107-39-42-110-78-69(86-49(3)89)75(119-58(12)98)72(116-55(9)95)61(122-78)45-113-52(6)92/h59-61,67-78H,14-46H2,1-13H3,(H,80,100)(H,81,101)(H,82,102)(H,83,99)(H,84,87)(H,85,88)(H,86,89)/t59?,60?,61?,67?,68?,69?,70-,71-,72-,73+,74+,75+,76+,77+,78+,79?/m0/s1. The van der Waals surface area contributed by atoms with Crippen molar-refractivity contribution < 1.29 is 172 Å². The summed E-state index contributed by atoms with van der Waals surface area (Å²) in [6.07, 6.45) is -8.21. The van der Waals surface area contributed by atoms with Crippen LogP contribution < -0.4 is 37.2 Å². The van der Waals surface area contributed by atoms with Gasteiger partial charge in [-0.05, 0) is 37.5 Å².